The van der Waals surface area contributed by atoms with Gasteiger partial charge in [-0.1, -0.05) is 24.3 Å². The van der Waals surface area contributed by atoms with Gasteiger partial charge in [0.25, 0.3) is 5.69 Å². The average molecular weight is 282 g/mol. The van der Waals surface area contributed by atoms with Gasteiger partial charge in [0, 0.05) is 36.5 Å². The van der Waals surface area contributed by atoms with E-state index in [0.717, 1.165) is 11.1 Å². The van der Waals surface area contributed by atoms with E-state index in [0.29, 0.717) is 18.7 Å². The third-order valence-electron chi connectivity index (χ3n) is 3.33. The van der Waals surface area contributed by atoms with Crippen molar-refractivity contribution >= 4 is 11.2 Å². The number of nitro groups is 1. The van der Waals surface area contributed by atoms with Crippen LogP contribution in [0, 0.1) is 10.1 Å². The summed E-state index contributed by atoms with van der Waals surface area (Å²) in [5.74, 6) is 0. The number of aromatic nitrogens is 2. The molecule has 0 amide bonds. The second-order valence-corrected chi connectivity index (χ2v) is 4.69. The Bertz CT molecular complexity index is 782. The number of para-hydroxylation sites is 1. The van der Waals surface area contributed by atoms with Crippen LogP contribution in [0.5, 0.6) is 0 Å². The Morgan fingerprint density at radius 2 is 1.86 bits per heavy atom. The predicted molar refractivity (Wildman–Crippen MR) is 78.8 cm³/mol. The summed E-state index contributed by atoms with van der Waals surface area (Å²) in [7, 11) is 0. The lowest BCUT2D eigenvalue weighted by molar-refractivity contribution is -0.385. The molecule has 2 aromatic heterocycles. The van der Waals surface area contributed by atoms with Crippen molar-refractivity contribution in [3.63, 3.8) is 0 Å². The molecule has 0 atom stereocenters. The van der Waals surface area contributed by atoms with Crippen LogP contribution in [-0.2, 0) is 13.1 Å². The van der Waals surface area contributed by atoms with Gasteiger partial charge in [-0.25, -0.2) is 4.52 Å². The molecule has 3 aromatic rings. The molecule has 0 spiro atoms. The van der Waals surface area contributed by atoms with Gasteiger partial charge in [-0.2, -0.15) is 5.10 Å². The molecule has 1 N–H and O–H groups in total. The molecular weight excluding hydrogens is 268 g/mol. The quantitative estimate of drug-likeness (QED) is 0.576. The van der Waals surface area contributed by atoms with Crippen molar-refractivity contribution < 1.29 is 4.92 Å². The van der Waals surface area contributed by atoms with E-state index in [2.05, 4.69) is 10.4 Å². The lowest BCUT2D eigenvalue weighted by Gasteiger charge is -2.05. The zero-order chi connectivity index (χ0) is 14.7. The number of hydrogen-bond donors (Lipinski definition) is 1. The first kappa shape index (κ1) is 13.3. The van der Waals surface area contributed by atoms with Crippen LogP contribution in [0.4, 0.5) is 5.69 Å². The van der Waals surface area contributed by atoms with Gasteiger partial charge in [0.15, 0.2) is 0 Å². The van der Waals surface area contributed by atoms with E-state index < -0.39 is 0 Å². The number of benzene rings is 1. The fraction of sp³-hybridized carbons (Fsp3) is 0.133. The summed E-state index contributed by atoms with van der Waals surface area (Å²) in [6.45, 7) is 1.06. The first-order valence-corrected chi connectivity index (χ1v) is 6.60. The number of pyridine rings is 1. The molecule has 21 heavy (non-hydrogen) atoms. The van der Waals surface area contributed by atoms with Crippen molar-refractivity contribution in [1.29, 1.82) is 0 Å². The molecule has 3 rings (SSSR count). The minimum absolute atomic E-state index is 0.143. The molecule has 1 aromatic carbocycles. The van der Waals surface area contributed by atoms with Crippen LogP contribution >= 0.6 is 0 Å². The van der Waals surface area contributed by atoms with E-state index >= 15 is 0 Å². The fourth-order valence-corrected chi connectivity index (χ4v) is 2.29. The second-order valence-electron chi connectivity index (χ2n) is 4.69. The highest BCUT2D eigenvalue weighted by Gasteiger charge is 2.11. The van der Waals surface area contributed by atoms with Crippen molar-refractivity contribution in [3.05, 3.63) is 76.1 Å². The van der Waals surface area contributed by atoms with Crippen molar-refractivity contribution in [3.8, 4) is 0 Å². The first-order valence-electron chi connectivity index (χ1n) is 6.60. The minimum atomic E-state index is -0.355. The van der Waals surface area contributed by atoms with Crippen LogP contribution in [0.1, 0.15) is 11.1 Å². The van der Waals surface area contributed by atoms with Crippen LogP contribution in [0.2, 0.25) is 0 Å². The highest BCUT2D eigenvalue weighted by atomic mass is 16.6. The molecule has 0 radical (unpaired) electrons. The molecule has 0 unspecified atom stereocenters. The minimum Gasteiger partial charge on any atom is -0.308 e. The first-order chi connectivity index (χ1) is 10.3. The van der Waals surface area contributed by atoms with E-state index in [1.807, 2.05) is 35.1 Å². The van der Waals surface area contributed by atoms with E-state index in [1.54, 1.807) is 18.2 Å². The summed E-state index contributed by atoms with van der Waals surface area (Å²) < 4.78 is 1.81. The number of nitrogens with zero attached hydrogens (tertiary/aromatic N) is 3. The molecule has 106 valence electrons. The van der Waals surface area contributed by atoms with Gasteiger partial charge < -0.3 is 5.32 Å². The van der Waals surface area contributed by atoms with Gasteiger partial charge in [0.05, 0.1) is 16.6 Å². The van der Waals surface area contributed by atoms with Crippen molar-refractivity contribution in [2.75, 3.05) is 0 Å². The topological polar surface area (TPSA) is 72.5 Å². The number of fused-ring (bicyclic) bond motifs is 1. The molecule has 2 heterocycles. The lowest BCUT2D eigenvalue weighted by Crippen LogP contribution is -2.13. The van der Waals surface area contributed by atoms with Gasteiger partial charge in [0.2, 0.25) is 0 Å². The number of rotatable bonds is 5. The Hall–Kier alpha value is -2.73. The zero-order valence-corrected chi connectivity index (χ0v) is 11.3. The smallest absolute Gasteiger partial charge is 0.273 e. The Kier molecular flexibility index (Phi) is 3.61. The molecule has 6 heteroatoms. The predicted octanol–water partition coefficient (Wildman–Crippen LogP) is 2.53. The van der Waals surface area contributed by atoms with Crippen LogP contribution in [0.3, 0.4) is 0 Å². The maximum Gasteiger partial charge on any atom is 0.273 e. The maximum atomic E-state index is 11.0. The molecule has 0 saturated heterocycles. The van der Waals surface area contributed by atoms with E-state index in [1.165, 1.54) is 6.07 Å². The maximum absolute atomic E-state index is 11.0. The Morgan fingerprint density at radius 3 is 2.71 bits per heavy atom. The van der Waals surface area contributed by atoms with E-state index in [4.69, 9.17) is 0 Å². The summed E-state index contributed by atoms with van der Waals surface area (Å²) in [5, 5.41) is 18.4. The second kappa shape index (κ2) is 5.72. The highest BCUT2D eigenvalue weighted by molar-refractivity contribution is 5.53. The van der Waals surface area contributed by atoms with Crippen molar-refractivity contribution in [2.24, 2.45) is 0 Å². The van der Waals surface area contributed by atoms with Crippen molar-refractivity contribution in [1.82, 2.24) is 14.9 Å². The molecular formula is C15H14N4O2. The summed E-state index contributed by atoms with van der Waals surface area (Å²) >= 11 is 0. The zero-order valence-electron chi connectivity index (χ0n) is 11.3. The van der Waals surface area contributed by atoms with E-state index in [9.17, 15) is 10.1 Å². The summed E-state index contributed by atoms with van der Waals surface area (Å²) in [6.07, 6.45) is 3.70. The largest absolute Gasteiger partial charge is 0.308 e. The highest BCUT2D eigenvalue weighted by Crippen LogP contribution is 2.17. The average Bonchev–Trinajstić information content (AvgIpc) is 2.91. The SMILES string of the molecule is O=[N+]([O-])c1ccccc1CNCc1cnn2ccccc12. The fourth-order valence-electron chi connectivity index (χ4n) is 2.29. The number of nitrogens with one attached hydrogen (secondary N) is 1. The molecule has 0 bridgehead atoms. The van der Waals surface area contributed by atoms with Gasteiger partial charge in [-0.15, -0.1) is 0 Å². The normalized spacial score (nSPS) is 10.9. The molecule has 0 aliphatic rings. The lowest BCUT2D eigenvalue weighted by atomic mass is 10.2. The molecule has 0 aliphatic heterocycles. The Morgan fingerprint density at radius 1 is 1.10 bits per heavy atom. The summed E-state index contributed by atoms with van der Waals surface area (Å²) in [4.78, 5) is 10.6. The van der Waals surface area contributed by atoms with Gasteiger partial charge in [-0.3, -0.25) is 10.1 Å². The van der Waals surface area contributed by atoms with Crippen LogP contribution < -0.4 is 5.32 Å². The number of hydrogen-bond acceptors (Lipinski definition) is 4. The third-order valence-corrected chi connectivity index (χ3v) is 3.33. The monoisotopic (exact) mass is 282 g/mol. The molecule has 0 fully saturated rings. The Balaban J connectivity index is 1.71. The van der Waals surface area contributed by atoms with Crippen molar-refractivity contribution in [2.45, 2.75) is 13.1 Å². The molecule has 6 nitrogen and oxygen atoms in total. The third kappa shape index (κ3) is 2.75. The van der Waals surface area contributed by atoms with E-state index in [-0.39, 0.29) is 10.6 Å². The van der Waals surface area contributed by atoms with Gasteiger partial charge in [-0.05, 0) is 12.1 Å². The van der Waals surface area contributed by atoms with Gasteiger partial charge >= 0.3 is 0 Å². The molecule has 0 aliphatic carbocycles. The standard InChI is InChI=1S/C15H14N4O2/c20-19(21)15-7-2-1-5-12(15)9-16-10-13-11-17-18-8-4-3-6-14(13)18/h1-8,11,16H,9-10H2. The van der Waals surface area contributed by atoms with Crippen LogP contribution in [0.25, 0.3) is 5.52 Å². The van der Waals surface area contributed by atoms with Crippen LogP contribution in [-0.4, -0.2) is 14.5 Å². The Labute approximate surface area is 121 Å². The van der Waals surface area contributed by atoms with Gasteiger partial charge in [0.1, 0.15) is 0 Å². The molecule has 0 saturated carbocycles. The summed E-state index contributed by atoms with van der Waals surface area (Å²) in [5.41, 5.74) is 2.92. The number of nitro benzene ring substituents is 1. The van der Waals surface area contributed by atoms with Crippen LogP contribution in [0.15, 0.2) is 54.9 Å². The summed E-state index contributed by atoms with van der Waals surface area (Å²) in [6, 6.07) is 12.6.